The van der Waals surface area contributed by atoms with Crippen molar-refractivity contribution in [2.24, 2.45) is 23.2 Å². The van der Waals surface area contributed by atoms with Gasteiger partial charge in [-0.15, -0.1) is 11.3 Å². The van der Waals surface area contributed by atoms with Gasteiger partial charge in [-0.05, 0) is 80.8 Å². The van der Waals surface area contributed by atoms with Crippen molar-refractivity contribution in [2.75, 3.05) is 13.6 Å². The van der Waals surface area contributed by atoms with E-state index >= 15 is 0 Å². The first-order valence-electron chi connectivity index (χ1n) is 10.9. The van der Waals surface area contributed by atoms with Crippen LogP contribution in [-0.2, 0) is 11.3 Å². The van der Waals surface area contributed by atoms with E-state index < -0.39 is 0 Å². The molecule has 4 nitrogen and oxygen atoms in total. The van der Waals surface area contributed by atoms with E-state index in [1.165, 1.54) is 48.1 Å². The van der Waals surface area contributed by atoms with Crippen LogP contribution in [0.5, 0.6) is 0 Å². The number of carbonyl (C=O) groups excluding carboxylic acids is 1. The summed E-state index contributed by atoms with van der Waals surface area (Å²) in [6.07, 6.45) is 8.39. The highest BCUT2D eigenvalue weighted by Crippen LogP contribution is 2.61. The zero-order valence-corrected chi connectivity index (χ0v) is 17.9. The number of nitrogens with zero attached hydrogens (tertiary/aromatic N) is 1. The molecule has 0 aliphatic heterocycles. The Morgan fingerprint density at radius 2 is 1.86 bits per heavy atom. The Bertz CT molecular complexity index is 807. The summed E-state index contributed by atoms with van der Waals surface area (Å²) in [5.74, 6) is 2.98. The highest BCUT2D eigenvalue weighted by molar-refractivity contribution is 7.18. The minimum Gasteiger partial charge on any atom is -0.348 e. The normalized spacial score (nSPS) is 33.1. The minimum absolute atomic E-state index is 0.196. The highest BCUT2D eigenvalue weighted by Gasteiger charge is 2.53. The highest BCUT2D eigenvalue weighted by atomic mass is 32.1. The second-order valence-corrected chi connectivity index (χ2v) is 11.1. The lowest BCUT2D eigenvalue weighted by Crippen LogP contribution is -3.09. The van der Waals surface area contributed by atoms with Crippen LogP contribution in [0.1, 0.15) is 50.5 Å². The summed E-state index contributed by atoms with van der Waals surface area (Å²) in [6, 6.07) is 8.57. The third-order valence-corrected chi connectivity index (χ3v) is 8.67. The van der Waals surface area contributed by atoms with Gasteiger partial charge in [0.1, 0.15) is 11.6 Å². The standard InChI is InChI=1S/C23H31N3OS/c1-15(23-10-16-7-17(11-23)9-18(8-16)12-23)24-21(27)13-26(2)14-22-25-19-5-3-4-6-20(19)28-22/h3-6,15-18H,7-14H2,1-2H3,(H,24,27)/p+1/t15-,16?,17?,18?,23?/m1/s1. The molecule has 1 amide bonds. The number of benzene rings is 1. The van der Waals surface area contributed by atoms with Gasteiger partial charge in [0.2, 0.25) is 0 Å². The average Bonchev–Trinajstić information content (AvgIpc) is 3.02. The van der Waals surface area contributed by atoms with Crippen LogP contribution < -0.4 is 10.2 Å². The molecular weight excluding hydrogens is 366 g/mol. The van der Waals surface area contributed by atoms with Crippen LogP contribution >= 0.6 is 11.3 Å². The van der Waals surface area contributed by atoms with Gasteiger partial charge in [0, 0.05) is 6.04 Å². The van der Waals surface area contributed by atoms with Crippen molar-refractivity contribution in [3.8, 4) is 0 Å². The Labute approximate surface area is 171 Å². The number of hydrogen-bond acceptors (Lipinski definition) is 3. The van der Waals surface area contributed by atoms with Gasteiger partial charge >= 0.3 is 0 Å². The maximum Gasteiger partial charge on any atom is 0.275 e. The number of rotatable bonds is 6. The Kier molecular flexibility index (Phi) is 4.71. The predicted molar refractivity (Wildman–Crippen MR) is 113 cm³/mol. The van der Waals surface area contributed by atoms with Crippen molar-refractivity contribution in [1.29, 1.82) is 0 Å². The van der Waals surface area contributed by atoms with E-state index in [-0.39, 0.29) is 5.91 Å². The van der Waals surface area contributed by atoms with Gasteiger partial charge in [0.15, 0.2) is 6.54 Å². The summed E-state index contributed by atoms with van der Waals surface area (Å²) in [4.78, 5) is 18.7. The van der Waals surface area contributed by atoms with Gasteiger partial charge in [0.05, 0.1) is 17.3 Å². The van der Waals surface area contributed by atoms with Crippen LogP contribution in [0.2, 0.25) is 0 Å². The number of carbonyl (C=O) groups is 1. The van der Waals surface area contributed by atoms with Crippen LogP contribution in [0.15, 0.2) is 24.3 Å². The zero-order chi connectivity index (χ0) is 19.3. The molecule has 4 aliphatic carbocycles. The molecule has 2 N–H and O–H groups in total. The molecule has 4 fully saturated rings. The number of thiazole rings is 1. The van der Waals surface area contributed by atoms with E-state index in [1.807, 2.05) is 6.07 Å². The Balaban J connectivity index is 1.18. The molecule has 1 aromatic carbocycles. The van der Waals surface area contributed by atoms with E-state index in [1.54, 1.807) is 11.3 Å². The molecule has 1 aromatic heterocycles. The van der Waals surface area contributed by atoms with Gasteiger partial charge in [-0.25, -0.2) is 4.98 Å². The molecule has 0 saturated heterocycles. The third kappa shape index (κ3) is 3.48. The van der Waals surface area contributed by atoms with Crippen LogP contribution in [0.4, 0.5) is 0 Å². The molecule has 6 rings (SSSR count). The minimum atomic E-state index is 0.196. The largest absolute Gasteiger partial charge is 0.348 e. The smallest absolute Gasteiger partial charge is 0.275 e. The lowest BCUT2D eigenvalue weighted by molar-refractivity contribution is -0.885. The second-order valence-electron chi connectivity index (χ2n) is 9.96. The maximum absolute atomic E-state index is 12.8. The Hall–Kier alpha value is -1.46. The number of para-hydroxylation sites is 1. The number of nitrogens with one attached hydrogen (secondary N) is 2. The van der Waals surface area contributed by atoms with Crippen molar-refractivity contribution in [3.63, 3.8) is 0 Å². The molecule has 28 heavy (non-hydrogen) atoms. The van der Waals surface area contributed by atoms with Gasteiger partial charge in [-0.2, -0.15) is 0 Å². The first-order chi connectivity index (χ1) is 13.5. The number of likely N-dealkylation sites (N-methyl/N-ethyl adjacent to an activating group) is 1. The van der Waals surface area contributed by atoms with Crippen molar-refractivity contribution in [3.05, 3.63) is 29.3 Å². The first-order valence-corrected chi connectivity index (χ1v) is 11.8. The summed E-state index contributed by atoms with van der Waals surface area (Å²) in [5.41, 5.74) is 1.45. The van der Waals surface area contributed by atoms with E-state index in [9.17, 15) is 4.79 Å². The van der Waals surface area contributed by atoms with Crippen LogP contribution in [0, 0.1) is 23.2 Å². The van der Waals surface area contributed by atoms with Crippen LogP contribution in [-0.4, -0.2) is 30.5 Å². The molecule has 1 unspecified atom stereocenters. The van der Waals surface area contributed by atoms with E-state index in [2.05, 4.69) is 37.5 Å². The quantitative estimate of drug-likeness (QED) is 0.786. The SMILES string of the molecule is C[C@@H](NC(=O)C[NH+](C)Cc1nc2ccccc2s1)C12CC3CC(CC(C3)C1)C2. The number of quaternary nitrogens is 1. The van der Waals surface area contributed by atoms with Gasteiger partial charge in [-0.3, -0.25) is 4.79 Å². The van der Waals surface area contributed by atoms with Gasteiger partial charge in [0.25, 0.3) is 5.91 Å². The van der Waals surface area contributed by atoms with Crippen molar-refractivity contribution in [1.82, 2.24) is 10.3 Å². The average molecular weight is 399 g/mol. The number of aromatic nitrogens is 1. The van der Waals surface area contributed by atoms with Gasteiger partial charge < -0.3 is 10.2 Å². The molecule has 2 atom stereocenters. The fourth-order valence-electron chi connectivity index (χ4n) is 6.74. The molecule has 5 heteroatoms. The summed E-state index contributed by atoms with van der Waals surface area (Å²) in [5, 5.41) is 4.52. The summed E-state index contributed by atoms with van der Waals surface area (Å²) < 4.78 is 1.23. The molecule has 4 bridgehead atoms. The molecule has 0 spiro atoms. The molecule has 1 heterocycles. The molecule has 4 saturated carbocycles. The fraction of sp³-hybridized carbons (Fsp3) is 0.652. The van der Waals surface area contributed by atoms with Gasteiger partial charge in [-0.1, -0.05) is 12.1 Å². The topological polar surface area (TPSA) is 46.4 Å². The summed E-state index contributed by atoms with van der Waals surface area (Å²) >= 11 is 1.74. The van der Waals surface area contributed by atoms with Crippen LogP contribution in [0.25, 0.3) is 10.2 Å². The summed E-state index contributed by atoms with van der Waals surface area (Å²) in [6.45, 7) is 3.60. The number of fused-ring (bicyclic) bond motifs is 1. The van der Waals surface area contributed by atoms with Crippen molar-refractivity contribution < 1.29 is 9.69 Å². The molecule has 0 radical (unpaired) electrons. The second kappa shape index (κ2) is 7.10. The van der Waals surface area contributed by atoms with Crippen molar-refractivity contribution >= 4 is 27.5 Å². The monoisotopic (exact) mass is 398 g/mol. The lowest BCUT2D eigenvalue weighted by Gasteiger charge is -2.59. The van der Waals surface area contributed by atoms with Crippen LogP contribution in [0.3, 0.4) is 0 Å². The molecule has 150 valence electrons. The summed E-state index contributed by atoms with van der Waals surface area (Å²) in [7, 11) is 2.10. The fourth-order valence-corrected chi connectivity index (χ4v) is 7.83. The van der Waals surface area contributed by atoms with E-state index in [4.69, 9.17) is 4.98 Å². The van der Waals surface area contributed by atoms with Crippen molar-refractivity contribution in [2.45, 2.75) is 58.0 Å². The van der Waals surface area contributed by atoms with E-state index in [0.717, 1.165) is 34.8 Å². The number of hydrogen-bond donors (Lipinski definition) is 2. The third-order valence-electron chi connectivity index (χ3n) is 7.64. The Morgan fingerprint density at radius 3 is 2.50 bits per heavy atom. The predicted octanol–water partition coefficient (Wildman–Crippen LogP) is 3.03. The lowest BCUT2D eigenvalue weighted by atomic mass is 9.48. The maximum atomic E-state index is 12.8. The van der Waals surface area contributed by atoms with E-state index in [0.29, 0.717) is 18.0 Å². The molecule has 4 aliphatic rings. The number of amides is 1. The molecular formula is C23H32N3OS+. The zero-order valence-electron chi connectivity index (χ0n) is 17.0. The Morgan fingerprint density at radius 1 is 1.21 bits per heavy atom. The first kappa shape index (κ1) is 18.6. The molecule has 2 aromatic rings.